The molecular formula is C22H22N2O5S. The van der Waals surface area contributed by atoms with Crippen molar-refractivity contribution in [2.24, 2.45) is 4.99 Å². The number of methoxy groups -OCH3 is 1. The average Bonchev–Trinajstić information content (AvgIpc) is 3.06. The topological polar surface area (TPSA) is 86.2 Å². The van der Waals surface area contributed by atoms with Crippen LogP contribution in [0.3, 0.4) is 0 Å². The molecule has 0 bridgehead atoms. The Kier molecular flexibility index (Phi) is 7.13. The number of carbonyl (C=O) groups is 2. The molecule has 3 rings (SSSR count). The zero-order valence-electron chi connectivity index (χ0n) is 16.9. The Morgan fingerprint density at radius 2 is 2.00 bits per heavy atom. The lowest BCUT2D eigenvalue weighted by Crippen LogP contribution is -2.19. The van der Waals surface area contributed by atoms with E-state index in [4.69, 9.17) is 9.47 Å². The molecule has 1 fully saturated rings. The number of nitrogens with one attached hydrogen (secondary N) is 1. The van der Waals surface area contributed by atoms with Gasteiger partial charge in [0.1, 0.15) is 0 Å². The Bertz CT molecular complexity index is 1020. The van der Waals surface area contributed by atoms with E-state index in [0.29, 0.717) is 28.2 Å². The van der Waals surface area contributed by atoms with Crippen LogP contribution in [0.4, 0.5) is 5.69 Å². The van der Waals surface area contributed by atoms with E-state index in [1.807, 2.05) is 38.1 Å². The van der Waals surface area contributed by atoms with Crippen molar-refractivity contribution in [3.8, 4) is 11.5 Å². The molecule has 2 aromatic rings. The van der Waals surface area contributed by atoms with Crippen LogP contribution in [0.25, 0.3) is 6.08 Å². The Morgan fingerprint density at radius 1 is 1.17 bits per heavy atom. The fraction of sp³-hybridized carbons (Fsp3) is 0.227. The second kappa shape index (κ2) is 9.98. The second-order valence-electron chi connectivity index (χ2n) is 6.32. The summed E-state index contributed by atoms with van der Waals surface area (Å²) < 4.78 is 15.6. The number of hydrogen-bond donors (Lipinski definition) is 1. The normalized spacial score (nSPS) is 15.9. The molecule has 1 aliphatic heterocycles. The van der Waals surface area contributed by atoms with Crippen LogP contribution < -0.4 is 14.8 Å². The quantitative estimate of drug-likeness (QED) is 0.535. The first-order chi connectivity index (χ1) is 14.5. The molecule has 7 nitrogen and oxygen atoms in total. The van der Waals surface area contributed by atoms with Crippen LogP contribution in [0.1, 0.15) is 18.1 Å². The van der Waals surface area contributed by atoms with Crippen molar-refractivity contribution < 1.29 is 23.8 Å². The molecule has 156 valence electrons. The van der Waals surface area contributed by atoms with Crippen LogP contribution in [0.2, 0.25) is 0 Å². The summed E-state index contributed by atoms with van der Waals surface area (Å²) in [4.78, 5) is 28.7. The summed E-state index contributed by atoms with van der Waals surface area (Å²) in [6.45, 7) is 4.05. The summed E-state index contributed by atoms with van der Waals surface area (Å²) in [5.74, 6) is 0.209. The van der Waals surface area contributed by atoms with E-state index in [1.165, 1.54) is 18.9 Å². The van der Waals surface area contributed by atoms with Crippen LogP contribution in [0.15, 0.2) is 52.4 Å². The van der Waals surface area contributed by atoms with E-state index >= 15 is 0 Å². The summed E-state index contributed by atoms with van der Waals surface area (Å²) in [5.41, 5.74) is 2.64. The van der Waals surface area contributed by atoms with Crippen LogP contribution in [0, 0.1) is 6.92 Å². The van der Waals surface area contributed by atoms with Gasteiger partial charge in [0.2, 0.25) is 0 Å². The molecule has 1 amide bonds. The van der Waals surface area contributed by atoms with E-state index in [9.17, 15) is 9.59 Å². The monoisotopic (exact) mass is 426 g/mol. The number of amidine groups is 1. The predicted molar refractivity (Wildman–Crippen MR) is 117 cm³/mol. The van der Waals surface area contributed by atoms with Crippen molar-refractivity contribution >= 4 is 40.6 Å². The number of nitrogens with zero attached hydrogens (tertiary/aromatic N) is 1. The fourth-order valence-corrected chi connectivity index (χ4v) is 3.49. The van der Waals surface area contributed by atoms with E-state index < -0.39 is 5.97 Å². The molecule has 8 heteroatoms. The fourth-order valence-electron chi connectivity index (χ4n) is 2.64. The minimum absolute atomic E-state index is 0.213. The van der Waals surface area contributed by atoms with Crippen molar-refractivity contribution in [1.29, 1.82) is 0 Å². The van der Waals surface area contributed by atoms with E-state index in [0.717, 1.165) is 16.8 Å². The number of amides is 1. The molecule has 0 atom stereocenters. The van der Waals surface area contributed by atoms with E-state index in [1.54, 1.807) is 24.3 Å². The van der Waals surface area contributed by atoms with E-state index in [-0.39, 0.29) is 12.5 Å². The molecule has 2 aromatic carbocycles. The van der Waals surface area contributed by atoms with Gasteiger partial charge in [-0.2, -0.15) is 0 Å². The lowest BCUT2D eigenvalue weighted by Gasteiger charge is -2.12. The number of esters is 1. The number of ether oxygens (including phenoxy) is 3. The van der Waals surface area contributed by atoms with Gasteiger partial charge < -0.3 is 19.5 Å². The van der Waals surface area contributed by atoms with Crippen LogP contribution in [-0.4, -0.2) is 37.4 Å². The highest BCUT2D eigenvalue weighted by Gasteiger charge is 2.24. The maximum atomic E-state index is 12.3. The maximum absolute atomic E-state index is 12.3. The van der Waals surface area contributed by atoms with Gasteiger partial charge >= 0.3 is 5.97 Å². The first-order valence-electron chi connectivity index (χ1n) is 9.31. The first-order valence-corrected chi connectivity index (χ1v) is 10.1. The zero-order chi connectivity index (χ0) is 21.5. The van der Waals surface area contributed by atoms with Crippen molar-refractivity contribution in [3.05, 3.63) is 58.5 Å². The molecule has 0 radical (unpaired) electrons. The second-order valence-corrected chi connectivity index (χ2v) is 7.36. The van der Waals surface area contributed by atoms with Gasteiger partial charge in [0.05, 0.1) is 24.3 Å². The third-order valence-corrected chi connectivity index (χ3v) is 4.93. The molecular weight excluding hydrogens is 404 g/mol. The van der Waals surface area contributed by atoms with Gasteiger partial charge in [-0.05, 0) is 67.1 Å². The van der Waals surface area contributed by atoms with Gasteiger partial charge in [0.15, 0.2) is 23.3 Å². The van der Waals surface area contributed by atoms with Crippen molar-refractivity contribution in [1.82, 2.24) is 5.32 Å². The minimum atomic E-state index is -0.483. The molecule has 1 N–H and O–H groups in total. The summed E-state index contributed by atoms with van der Waals surface area (Å²) in [6.07, 6.45) is 1.76. The minimum Gasteiger partial charge on any atom is -0.490 e. The third-order valence-electron chi connectivity index (χ3n) is 4.02. The molecule has 30 heavy (non-hydrogen) atoms. The number of hydrogen-bond acceptors (Lipinski definition) is 7. The van der Waals surface area contributed by atoms with Crippen molar-refractivity contribution in [2.75, 3.05) is 20.3 Å². The molecule has 0 unspecified atom stereocenters. The SMILES string of the molecule is CCOc1cc(/C=C2\SC(=Nc3cccc(C)c3)NC2=O)ccc1OCC(=O)OC. The lowest BCUT2D eigenvalue weighted by atomic mass is 10.2. The Balaban J connectivity index is 1.79. The number of benzene rings is 2. The highest BCUT2D eigenvalue weighted by molar-refractivity contribution is 8.18. The van der Waals surface area contributed by atoms with Crippen LogP contribution in [0.5, 0.6) is 11.5 Å². The average molecular weight is 426 g/mol. The highest BCUT2D eigenvalue weighted by Crippen LogP contribution is 2.32. The number of aryl methyl sites for hydroxylation is 1. The summed E-state index contributed by atoms with van der Waals surface area (Å²) >= 11 is 1.27. The van der Waals surface area contributed by atoms with Gasteiger partial charge in [-0.25, -0.2) is 9.79 Å². The molecule has 0 aliphatic carbocycles. The highest BCUT2D eigenvalue weighted by atomic mass is 32.2. The standard InChI is InChI=1S/C22H22N2O5S/c1-4-28-18-11-15(8-9-17(18)29-13-20(25)27-3)12-19-21(26)24-22(30-19)23-16-7-5-6-14(2)10-16/h5-12H,4,13H2,1-3H3,(H,23,24,26)/b19-12-. The molecule has 0 saturated carbocycles. The third kappa shape index (κ3) is 5.64. The number of aliphatic imine (C=N–C) groups is 1. The first kappa shape index (κ1) is 21.4. The Labute approximate surface area is 179 Å². The molecule has 1 saturated heterocycles. The zero-order valence-corrected chi connectivity index (χ0v) is 17.7. The molecule has 0 aromatic heterocycles. The number of rotatable bonds is 7. The number of carbonyl (C=O) groups excluding carboxylic acids is 2. The molecule has 0 spiro atoms. The number of thioether (sulfide) groups is 1. The predicted octanol–water partition coefficient (Wildman–Crippen LogP) is 3.84. The Morgan fingerprint density at radius 3 is 2.73 bits per heavy atom. The maximum Gasteiger partial charge on any atom is 0.343 e. The van der Waals surface area contributed by atoms with Gasteiger partial charge in [0.25, 0.3) is 5.91 Å². The summed E-state index contributed by atoms with van der Waals surface area (Å²) in [5, 5.41) is 3.31. The van der Waals surface area contributed by atoms with Gasteiger partial charge in [-0.1, -0.05) is 18.2 Å². The largest absolute Gasteiger partial charge is 0.490 e. The van der Waals surface area contributed by atoms with Gasteiger partial charge in [-0.15, -0.1) is 0 Å². The van der Waals surface area contributed by atoms with Crippen molar-refractivity contribution in [3.63, 3.8) is 0 Å². The van der Waals surface area contributed by atoms with Crippen LogP contribution in [-0.2, 0) is 14.3 Å². The smallest absolute Gasteiger partial charge is 0.343 e. The van der Waals surface area contributed by atoms with Crippen molar-refractivity contribution in [2.45, 2.75) is 13.8 Å². The van der Waals surface area contributed by atoms with Crippen LogP contribution >= 0.6 is 11.8 Å². The summed E-state index contributed by atoms with van der Waals surface area (Å²) in [6, 6.07) is 13.0. The Hall–Kier alpha value is -3.26. The molecule has 1 aliphatic rings. The summed E-state index contributed by atoms with van der Waals surface area (Å²) in [7, 11) is 1.30. The van der Waals surface area contributed by atoms with Gasteiger partial charge in [-0.3, -0.25) is 4.79 Å². The van der Waals surface area contributed by atoms with Gasteiger partial charge in [0, 0.05) is 0 Å². The lowest BCUT2D eigenvalue weighted by molar-refractivity contribution is -0.142. The van der Waals surface area contributed by atoms with E-state index in [2.05, 4.69) is 15.0 Å². The molecule has 1 heterocycles.